The molecule has 0 fully saturated rings. The first-order valence-corrected chi connectivity index (χ1v) is 5.70. The van der Waals surface area contributed by atoms with E-state index in [9.17, 15) is 9.13 Å². The first-order valence-electron chi connectivity index (χ1n) is 3.21. The summed E-state index contributed by atoms with van der Waals surface area (Å²) in [6.07, 6.45) is -0.206. The van der Waals surface area contributed by atoms with E-state index >= 15 is 0 Å². The van der Waals surface area contributed by atoms with Crippen molar-refractivity contribution in [2.45, 2.75) is 20.0 Å². The normalized spacial score (nSPS) is 16.3. The summed E-state index contributed by atoms with van der Waals surface area (Å²) in [6.45, 7) is 2.90. The molecule has 0 bridgehead atoms. The Balaban J connectivity index is 3.38. The Morgan fingerprint density at radius 3 is 2.33 bits per heavy atom. The molecule has 0 spiro atoms. The number of rotatable bonds is 6. The van der Waals surface area contributed by atoms with Crippen LogP contribution in [0, 0.1) is 0 Å². The molecule has 0 saturated carbocycles. The van der Waals surface area contributed by atoms with Crippen LogP contribution < -0.4 is 0 Å². The predicted molar refractivity (Wildman–Crippen MR) is 43.5 cm³/mol. The highest BCUT2D eigenvalue weighted by Crippen LogP contribution is 2.27. The molecule has 12 heavy (non-hydrogen) atoms. The molecule has 0 aliphatic heterocycles. The van der Waals surface area contributed by atoms with E-state index < -0.39 is 23.3 Å². The second kappa shape index (κ2) is 6.78. The van der Waals surface area contributed by atoms with Crippen LogP contribution in [-0.2, 0) is 22.7 Å². The second-order valence-electron chi connectivity index (χ2n) is 2.09. The molecule has 0 saturated heterocycles. The van der Waals surface area contributed by atoms with Gasteiger partial charge in [-0.2, -0.15) is 0 Å². The molecule has 2 atom stereocenters. The van der Waals surface area contributed by atoms with Crippen molar-refractivity contribution in [3.05, 3.63) is 0 Å². The lowest BCUT2D eigenvalue weighted by molar-refractivity contribution is 0.0926. The monoisotopic (exact) mass is 218 g/mol. The lowest BCUT2D eigenvalue weighted by atomic mass is 10.5. The van der Waals surface area contributed by atoms with E-state index in [0.29, 0.717) is 0 Å². The van der Waals surface area contributed by atoms with Crippen molar-refractivity contribution >= 4 is 16.5 Å². The maximum Gasteiger partial charge on any atom is 0.321 e. The van der Waals surface area contributed by atoms with Crippen molar-refractivity contribution in [1.82, 2.24) is 0 Å². The van der Waals surface area contributed by atoms with Crippen LogP contribution in [-0.4, -0.2) is 17.8 Å². The molecular weight excluding hydrogens is 206 g/mol. The number of hydrogen-bond donors (Lipinski definition) is 1. The van der Waals surface area contributed by atoms with E-state index in [0.717, 1.165) is 0 Å². The highest BCUT2D eigenvalue weighted by Gasteiger charge is 2.02. The van der Waals surface area contributed by atoms with Crippen LogP contribution in [0.4, 0.5) is 0 Å². The maximum atomic E-state index is 10.7. The number of hydrogen-bond acceptors (Lipinski definition) is 5. The van der Waals surface area contributed by atoms with Crippen molar-refractivity contribution in [3.63, 3.8) is 0 Å². The molecule has 8 heteroatoms. The fraction of sp³-hybridized carbons (Fsp3) is 1.00. The molecule has 0 radical (unpaired) electrons. The van der Waals surface area contributed by atoms with Gasteiger partial charge < -0.3 is 9.42 Å². The minimum absolute atomic E-state index is 0.206. The van der Waals surface area contributed by atoms with Gasteiger partial charge in [-0.25, -0.2) is 0 Å². The van der Waals surface area contributed by atoms with Crippen molar-refractivity contribution in [2.75, 3.05) is 6.79 Å². The molecule has 0 aliphatic carbocycles. The summed E-state index contributed by atoms with van der Waals surface area (Å²) in [4.78, 5) is 8.16. The zero-order chi connectivity index (χ0) is 9.56. The van der Waals surface area contributed by atoms with Gasteiger partial charge in [0.15, 0.2) is 6.79 Å². The van der Waals surface area contributed by atoms with Gasteiger partial charge in [0, 0.05) is 0 Å². The van der Waals surface area contributed by atoms with Crippen LogP contribution in [0.15, 0.2) is 0 Å². The van der Waals surface area contributed by atoms with Crippen LogP contribution >= 0.6 is 16.5 Å². The Hall–Kier alpha value is 0.300. The van der Waals surface area contributed by atoms with E-state index in [1.54, 1.807) is 13.8 Å². The molecule has 6 nitrogen and oxygen atoms in total. The van der Waals surface area contributed by atoms with E-state index in [1.807, 2.05) is 0 Å². The van der Waals surface area contributed by atoms with E-state index in [-0.39, 0.29) is 6.10 Å². The molecule has 0 rings (SSSR count). The Kier molecular flexibility index (Phi) is 6.95. The predicted octanol–water partition coefficient (Wildman–Crippen LogP) is 1.17. The van der Waals surface area contributed by atoms with Gasteiger partial charge >= 0.3 is 16.5 Å². The zero-order valence-electron chi connectivity index (χ0n) is 6.77. The third-order valence-electron chi connectivity index (χ3n) is 0.691. The molecule has 0 amide bonds. The fourth-order valence-electron chi connectivity index (χ4n) is 0.354. The summed E-state index contributed by atoms with van der Waals surface area (Å²) >= 11 is 0. The maximum absolute atomic E-state index is 10.7. The Morgan fingerprint density at radius 2 is 1.92 bits per heavy atom. The molecular formula is C4H12O6P2. The van der Waals surface area contributed by atoms with Crippen molar-refractivity contribution in [2.24, 2.45) is 0 Å². The van der Waals surface area contributed by atoms with Gasteiger partial charge in [0.2, 0.25) is 0 Å². The Labute approximate surface area is 71.7 Å². The van der Waals surface area contributed by atoms with Gasteiger partial charge in [0.25, 0.3) is 0 Å². The van der Waals surface area contributed by atoms with E-state index in [2.05, 4.69) is 9.05 Å². The van der Waals surface area contributed by atoms with Crippen molar-refractivity contribution < 1.29 is 27.6 Å². The van der Waals surface area contributed by atoms with E-state index in [4.69, 9.17) is 9.42 Å². The topological polar surface area (TPSA) is 82.1 Å². The molecule has 0 aliphatic rings. The standard InChI is InChI=1S/C4H12O6P2/c1-4(2)10-12(7)9-3-8-11(5)6/h4,11-12H,3H2,1-2H3,(H,5,6). The lowest BCUT2D eigenvalue weighted by Crippen LogP contribution is -1.97. The first kappa shape index (κ1) is 12.3. The molecule has 1 N–H and O–H groups in total. The third-order valence-corrected chi connectivity index (χ3v) is 2.07. The van der Waals surface area contributed by atoms with Crippen LogP contribution in [0.1, 0.15) is 13.8 Å². The highest BCUT2D eigenvalue weighted by molar-refractivity contribution is 7.33. The van der Waals surface area contributed by atoms with Crippen LogP contribution in [0.5, 0.6) is 0 Å². The van der Waals surface area contributed by atoms with Crippen LogP contribution in [0.2, 0.25) is 0 Å². The van der Waals surface area contributed by atoms with Crippen LogP contribution in [0.25, 0.3) is 0 Å². The zero-order valence-corrected chi connectivity index (χ0v) is 8.77. The van der Waals surface area contributed by atoms with Gasteiger partial charge in [0.1, 0.15) is 0 Å². The summed E-state index contributed by atoms with van der Waals surface area (Å²) in [5.74, 6) is 0. The summed E-state index contributed by atoms with van der Waals surface area (Å²) in [5.41, 5.74) is 0. The summed E-state index contributed by atoms with van der Waals surface area (Å²) in [7, 11) is -5.60. The molecule has 0 aromatic rings. The average Bonchev–Trinajstić information content (AvgIpc) is 1.84. The van der Waals surface area contributed by atoms with Gasteiger partial charge in [0.05, 0.1) is 6.10 Å². The Bertz CT molecular complexity index is 169. The summed E-state index contributed by atoms with van der Waals surface area (Å²) < 4.78 is 33.9. The quantitative estimate of drug-likeness (QED) is 0.532. The SMILES string of the molecule is CC(C)O[PH](=O)OCO[PH](=O)O. The minimum Gasteiger partial charge on any atom is -0.326 e. The van der Waals surface area contributed by atoms with Crippen molar-refractivity contribution in [3.8, 4) is 0 Å². The Morgan fingerprint density at radius 1 is 1.33 bits per heavy atom. The van der Waals surface area contributed by atoms with Gasteiger partial charge in [-0.05, 0) is 13.8 Å². The molecule has 74 valence electrons. The second-order valence-corrected chi connectivity index (χ2v) is 3.93. The fourth-order valence-corrected chi connectivity index (χ4v) is 1.24. The highest BCUT2D eigenvalue weighted by atomic mass is 31.1. The van der Waals surface area contributed by atoms with Gasteiger partial charge in [-0.1, -0.05) is 0 Å². The van der Waals surface area contributed by atoms with Gasteiger partial charge in [-0.15, -0.1) is 0 Å². The molecule has 0 aromatic heterocycles. The van der Waals surface area contributed by atoms with Crippen molar-refractivity contribution in [1.29, 1.82) is 0 Å². The molecule has 0 heterocycles. The smallest absolute Gasteiger partial charge is 0.321 e. The van der Waals surface area contributed by atoms with E-state index in [1.165, 1.54) is 0 Å². The average molecular weight is 218 g/mol. The first-order chi connectivity index (χ1) is 5.52. The molecule has 0 aromatic carbocycles. The third kappa shape index (κ3) is 8.40. The molecule has 2 unspecified atom stereocenters. The summed E-state index contributed by atoms with van der Waals surface area (Å²) in [5, 5.41) is 0. The lowest BCUT2D eigenvalue weighted by Gasteiger charge is -2.06. The minimum atomic E-state index is -3.01. The van der Waals surface area contributed by atoms with Gasteiger partial charge in [-0.3, -0.25) is 18.2 Å². The summed E-state index contributed by atoms with van der Waals surface area (Å²) in [6, 6.07) is 0. The van der Waals surface area contributed by atoms with Crippen LogP contribution in [0.3, 0.4) is 0 Å². The largest absolute Gasteiger partial charge is 0.326 e.